The molecule has 1 aliphatic heterocycles. The molecule has 5 heteroatoms. The van der Waals surface area contributed by atoms with Crippen LogP contribution in [0.1, 0.15) is 61.1 Å². The molecule has 2 aromatic rings. The highest BCUT2D eigenvalue weighted by molar-refractivity contribution is 5.94. The lowest BCUT2D eigenvalue weighted by atomic mass is 10.1. The number of nitrogens with zero attached hydrogens (tertiary/aromatic N) is 1. The number of nitrogens with one attached hydrogen (secondary N) is 1. The fourth-order valence-corrected chi connectivity index (χ4v) is 3.68. The Morgan fingerprint density at radius 2 is 1.83 bits per heavy atom. The topological polar surface area (TPSA) is 50.8 Å². The Balaban J connectivity index is 1.67. The highest BCUT2D eigenvalue weighted by Crippen LogP contribution is 2.31. The van der Waals surface area contributed by atoms with Crippen molar-refractivity contribution in [1.82, 2.24) is 10.2 Å². The van der Waals surface area contributed by atoms with Crippen LogP contribution in [-0.4, -0.2) is 37.1 Å². The summed E-state index contributed by atoms with van der Waals surface area (Å²) in [5, 5.41) is 3.10. The Morgan fingerprint density at radius 1 is 1.07 bits per heavy atom. The molecule has 1 fully saturated rings. The van der Waals surface area contributed by atoms with Gasteiger partial charge in [-0.05, 0) is 82.1 Å². The lowest BCUT2D eigenvalue weighted by Gasteiger charge is -2.19. The van der Waals surface area contributed by atoms with Crippen LogP contribution in [0.25, 0.3) is 0 Å². The maximum atomic E-state index is 12.8. The van der Waals surface area contributed by atoms with Gasteiger partial charge in [-0.3, -0.25) is 9.69 Å². The van der Waals surface area contributed by atoms with Gasteiger partial charge in [0.15, 0.2) is 11.5 Å². The standard InChI is InChI=1S/C24H32N2O3/c1-17(2)29-22-11-10-20(15-23(22)28-4)18(3)25-24(27)21-9-7-8-19(14-21)16-26-12-5-6-13-26/h7-11,14-15,17-18H,5-6,12-13,16H2,1-4H3,(H,25,27). The van der Waals surface area contributed by atoms with Crippen molar-refractivity contribution in [2.45, 2.75) is 52.3 Å². The summed E-state index contributed by atoms with van der Waals surface area (Å²) in [7, 11) is 1.63. The zero-order chi connectivity index (χ0) is 20.8. The summed E-state index contributed by atoms with van der Waals surface area (Å²) in [6.45, 7) is 9.13. The second-order valence-corrected chi connectivity index (χ2v) is 7.96. The Morgan fingerprint density at radius 3 is 2.52 bits per heavy atom. The predicted molar refractivity (Wildman–Crippen MR) is 116 cm³/mol. The van der Waals surface area contributed by atoms with E-state index in [4.69, 9.17) is 9.47 Å². The number of carbonyl (C=O) groups excluding carboxylic acids is 1. The van der Waals surface area contributed by atoms with Gasteiger partial charge in [-0.25, -0.2) is 0 Å². The van der Waals surface area contributed by atoms with Crippen LogP contribution >= 0.6 is 0 Å². The summed E-state index contributed by atoms with van der Waals surface area (Å²) in [5.41, 5.74) is 2.85. The van der Waals surface area contributed by atoms with E-state index in [2.05, 4.69) is 16.3 Å². The van der Waals surface area contributed by atoms with Gasteiger partial charge in [0.25, 0.3) is 5.91 Å². The number of methoxy groups -OCH3 is 1. The molecule has 29 heavy (non-hydrogen) atoms. The minimum absolute atomic E-state index is 0.0674. The maximum Gasteiger partial charge on any atom is 0.251 e. The molecule has 5 nitrogen and oxygen atoms in total. The molecule has 3 rings (SSSR count). The van der Waals surface area contributed by atoms with Crippen molar-refractivity contribution in [2.24, 2.45) is 0 Å². The third-order valence-electron chi connectivity index (χ3n) is 5.19. The van der Waals surface area contributed by atoms with E-state index in [9.17, 15) is 4.79 Å². The number of carbonyl (C=O) groups is 1. The average molecular weight is 397 g/mol. The normalized spacial score (nSPS) is 15.3. The summed E-state index contributed by atoms with van der Waals surface area (Å²) in [6, 6.07) is 13.6. The predicted octanol–water partition coefficient (Wildman–Crippen LogP) is 4.57. The number of rotatable bonds is 8. The molecule has 0 radical (unpaired) electrons. The molecule has 1 atom stereocenters. The molecule has 1 saturated heterocycles. The van der Waals surface area contributed by atoms with E-state index in [-0.39, 0.29) is 18.1 Å². The van der Waals surface area contributed by atoms with Gasteiger partial charge < -0.3 is 14.8 Å². The quantitative estimate of drug-likeness (QED) is 0.710. The Kier molecular flexibility index (Phi) is 7.15. The zero-order valence-corrected chi connectivity index (χ0v) is 17.9. The van der Waals surface area contributed by atoms with Crippen LogP contribution in [0, 0.1) is 0 Å². The van der Waals surface area contributed by atoms with Crippen molar-refractivity contribution in [1.29, 1.82) is 0 Å². The van der Waals surface area contributed by atoms with Gasteiger partial charge in [-0.2, -0.15) is 0 Å². The lowest BCUT2D eigenvalue weighted by molar-refractivity contribution is 0.0939. The number of amides is 1. The Hall–Kier alpha value is -2.53. The van der Waals surface area contributed by atoms with Crippen LogP contribution in [0.3, 0.4) is 0 Å². The number of benzene rings is 2. The van der Waals surface area contributed by atoms with Gasteiger partial charge in [0, 0.05) is 12.1 Å². The smallest absolute Gasteiger partial charge is 0.251 e. The lowest BCUT2D eigenvalue weighted by Crippen LogP contribution is -2.27. The number of hydrogen-bond donors (Lipinski definition) is 1. The van der Waals surface area contributed by atoms with Gasteiger partial charge in [-0.15, -0.1) is 0 Å². The Labute approximate surface area is 174 Å². The molecule has 0 spiro atoms. The monoisotopic (exact) mass is 396 g/mol. The first-order valence-electron chi connectivity index (χ1n) is 10.4. The molecular formula is C24H32N2O3. The summed E-state index contributed by atoms with van der Waals surface area (Å²) in [5.74, 6) is 1.31. The molecule has 0 aliphatic carbocycles. The van der Waals surface area contributed by atoms with Gasteiger partial charge in [0.05, 0.1) is 19.3 Å². The molecule has 1 unspecified atom stereocenters. The molecule has 1 amide bonds. The van der Waals surface area contributed by atoms with Crippen molar-refractivity contribution >= 4 is 5.91 Å². The van der Waals surface area contributed by atoms with Crippen molar-refractivity contribution in [3.8, 4) is 11.5 Å². The van der Waals surface area contributed by atoms with Crippen LogP contribution in [0.2, 0.25) is 0 Å². The molecule has 1 aliphatic rings. The fraction of sp³-hybridized carbons (Fsp3) is 0.458. The van der Waals surface area contributed by atoms with E-state index >= 15 is 0 Å². The molecule has 0 aromatic heterocycles. The summed E-state index contributed by atoms with van der Waals surface area (Å²) in [4.78, 5) is 15.2. The molecule has 1 heterocycles. The molecule has 2 aromatic carbocycles. The largest absolute Gasteiger partial charge is 0.493 e. The van der Waals surface area contributed by atoms with E-state index in [1.165, 1.54) is 18.4 Å². The molecule has 1 N–H and O–H groups in total. The summed E-state index contributed by atoms with van der Waals surface area (Å²) >= 11 is 0. The Bertz CT molecular complexity index is 829. The van der Waals surface area contributed by atoms with Crippen LogP contribution in [-0.2, 0) is 6.54 Å². The van der Waals surface area contributed by atoms with Crippen molar-refractivity contribution in [3.63, 3.8) is 0 Å². The van der Waals surface area contributed by atoms with Crippen LogP contribution in [0.15, 0.2) is 42.5 Å². The number of ether oxygens (including phenoxy) is 2. The summed E-state index contributed by atoms with van der Waals surface area (Å²) in [6.07, 6.45) is 2.60. The maximum absolute atomic E-state index is 12.8. The molecule has 156 valence electrons. The first kappa shape index (κ1) is 21.2. The SMILES string of the molecule is COc1cc(C(C)NC(=O)c2cccc(CN3CCCC3)c2)ccc1OC(C)C. The van der Waals surface area contributed by atoms with E-state index in [0.717, 1.165) is 25.2 Å². The zero-order valence-electron chi connectivity index (χ0n) is 17.9. The second kappa shape index (κ2) is 9.79. The highest BCUT2D eigenvalue weighted by Gasteiger charge is 2.16. The molecule has 0 bridgehead atoms. The van der Waals surface area contributed by atoms with Gasteiger partial charge in [-0.1, -0.05) is 18.2 Å². The van der Waals surface area contributed by atoms with Crippen LogP contribution in [0.5, 0.6) is 11.5 Å². The summed E-state index contributed by atoms with van der Waals surface area (Å²) < 4.78 is 11.2. The average Bonchev–Trinajstić information content (AvgIpc) is 3.21. The molecular weight excluding hydrogens is 364 g/mol. The highest BCUT2D eigenvalue weighted by atomic mass is 16.5. The van der Waals surface area contributed by atoms with Gasteiger partial charge in [0.2, 0.25) is 0 Å². The van der Waals surface area contributed by atoms with Gasteiger partial charge >= 0.3 is 0 Å². The number of hydrogen-bond acceptors (Lipinski definition) is 4. The van der Waals surface area contributed by atoms with Gasteiger partial charge in [0.1, 0.15) is 0 Å². The van der Waals surface area contributed by atoms with Crippen LogP contribution < -0.4 is 14.8 Å². The minimum atomic E-state index is -0.147. The minimum Gasteiger partial charge on any atom is -0.493 e. The van der Waals surface area contributed by atoms with Crippen LogP contribution in [0.4, 0.5) is 0 Å². The molecule has 0 saturated carbocycles. The van der Waals surface area contributed by atoms with Crippen molar-refractivity contribution in [2.75, 3.05) is 20.2 Å². The van der Waals surface area contributed by atoms with Crippen molar-refractivity contribution in [3.05, 3.63) is 59.2 Å². The van der Waals surface area contributed by atoms with E-state index < -0.39 is 0 Å². The third kappa shape index (κ3) is 5.73. The van der Waals surface area contributed by atoms with E-state index in [0.29, 0.717) is 17.1 Å². The third-order valence-corrected chi connectivity index (χ3v) is 5.19. The fourth-order valence-electron chi connectivity index (χ4n) is 3.68. The number of likely N-dealkylation sites (tertiary alicyclic amines) is 1. The first-order valence-corrected chi connectivity index (χ1v) is 10.4. The second-order valence-electron chi connectivity index (χ2n) is 7.96. The first-order chi connectivity index (χ1) is 14.0. The van der Waals surface area contributed by atoms with Crippen molar-refractivity contribution < 1.29 is 14.3 Å². The van der Waals surface area contributed by atoms with E-state index in [1.54, 1.807) is 7.11 Å². The van der Waals surface area contributed by atoms with E-state index in [1.807, 2.05) is 57.2 Å².